The zero-order valence-electron chi connectivity index (χ0n) is 16.7. The standard InChI is InChI=1S/C22H24N4O3/c1-4-15-5-8-17(9-6-15)25-21(27)18-11-12-23-22(26-18)24-14-16-7-10-19(28-2)20(13-16)29-3/h5-13H,4,14H2,1-3H3,(H,25,27)(H,23,24,26). The van der Waals surface area contributed by atoms with Crippen LogP contribution in [0.15, 0.2) is 54.7 Å². The van der Waals surface area contributed by atoms with Crippen molar-refractivity contribution in [1.29, 1.82) is 0 Å². The largest absolute Gasteiger partial charge is 0.493 e. The molecular weight excluding hydrogens is 368 g/mol. The Kier molecular flexibility index (Phi) is 6.63. The molecule has 1 aromatic heterocycles. The molecule has 0 saturated carbocycles. The van der Waals surface area contributed by atoms with Crippen LogP contribution in [-0.2, 0) is 13.0 Å². The highest BCUT2D eigenvalue weighted by atomic mass is 16.5. The molecule has 0 unspecified atom stereocenters. The summed E-state index contributed by atoms with van der Waals surface area (Å²) >= 11 is 0. The van der Waals surface area contributed by atoms with E-state index >= 15 is 0 Å². The fourth-order valence-electron chi connectivity index (χ4n) is 2.76. The Hall–Kier alpha value is -3.61. The third kappa shape index (κ3) is 5.22. The van der Waals surface area contributed by atoms with E-state index < -0.39 is 0 Å². The van der Waals surface area contributed by atoms with E-state index in [0.29, 0.717) is 24.0 Å². The lowest BCUT2D eigenvalue weighted by molar-refractivity contribution is 0.102. The molecule has 0 fully saturated rings. The van der Waals surface area contributed by atoms with E-state index in [1.54, 1.807) is 26.5 Å². The summed E-state index contributed by atoms with van der Waals surface area (Å²) in [6.45, 7) is 2.56. The maximum Gasteiger partial charge on any atom is 0.274 e. The third-order valence-electron chi connectivity index (χ3n) is 4.41. The van der Waals surface area contributed by atoms with E-state index in [-0.39, 0.29) is 11.6 Å². The molecule has 7 nitrogen and oxygen atoms in total. The number of aromatic nitrogens is 2. The molecule has 29 heavy (non-hydrogen) atoms. The summed E-state index contributed by atoms with van der Waals surface area (Å²) < 4.78 is 10.6. The first-order chi connectivity index (χ1) is 14.1. The Labute approximate surface area is 170 Å². The van der Waals surface area contributed by atoms with E-state index in [9.17, 15) is 4.79 Å². The summed E-state index contributed by atoms with van der Waals surface area (Å²) in [5.41, 5.74) is 3.20. The number of hydrogen-bond donors (Lipinski definition) is 2. The molecule has 1 heterocycles. The highest BCUT2D eigenvalue weighted by molar-refractivity contribution is 6.02. The van der Waals surface area contributed by atoms with Crippen LogP contribution in [0.25, 0.3) is 0 Å². The highest BCUT2D eigenvalue weighted by Crippen LogP contribution is 2.27. The second-order valence-electron chi connectivity index (χ2n) is 6.31. The average molecular weight is 392 g/mol. The van der Waals surface area contributed by atoms with Crippen molar-refractivity contribution in [3.63, 3.8) is 0 Å². The first-order valence-corrected chi connectivity index (χ1v) is 9.31. The number of anilines is 2. The number of benzene rings is 2. The number of hydrogen-bond acceptors (Lipinski definition) is 6. The Morgan fingerprint density at radius 3 is 2.38 bits per heavy atom. The molecule has 7 heteroatoms. The van der Waals surface area contributed by atoms with Gasteiger partial charge in [0, 0.05) is 18.4 Å². The van der Waals surface area contributed by atoms with Gasteiger partial charge in [0.15, 0.2) is 11.5 Å². The average Bonchev–Trinajstić information content (AvgIpc) is 2.78. The van der Waals surface area contributed by atoms with Crippen molar-refractivity contribution in [3.05, 3.63) is 71.5 Å². The Morgan fingerprint density at radius 2 is 1.69 bits per heavy atom. The van der Waals surface area contributed by atoms with Crippen LogP contribution in [-0.4, -0.2) is 30.1 Å². The van der Waals surface area contributed by atoms with Crippen molar-refractivity contribution < 1.29 is 14.3 Å². The van der Waals surface area contributed by atoms with Crippen LogP contribution in [0.2, 0.25) is 0 Å². The number of carbonyl (C=O) groups excluding carboxylic acids is 1. The molecule has 0 bridgehead atoms. The molecule has 0 aliphatic rings. The van der Waals surface area contributed by atoms with Crippen LogP contribution in [0.1, 0.15) is 28.5 Å². The second kappa shape index (κ2) is 9.54. The molecule has 1 amide bonds. The zero-order valence-corrected chi connectivity index (χ0v) is 16.7. The summed E-state index contributed by atoms with van der Waals surface area (Å²) in [4.78, 5) is 21.0. The number of carbonyl (C=O) groups is 1. The van der Waals surface area contributed by atoms with Gasteiger partial charge in [0.1, 0.15) is 5.69 Å². The van der Waals surface area contributed by atoms with Gasteiger partial charge in [-0.05, 0) is 47.9 Å². The normalized spacial score (nSPS) is 10.3. The van der Waals surface area contributed by atoms with Gasteiger partial charge in [-0.25, -0.2) is 9.97 Å². The molecule has 0 spiro atoms. The van der Waals surface area contributed by atoms with Gasteiger partial charge in [-0.3, -0.25) is 4.79 Å². The molecule has 0 saturated heterocycles. The van der Waals surface area contributed by atoms with E-state index in [2.05, 4.69) is 27.5 Å². The number of methoxy groups -OCH3 is 2. The van der Waals surface area contributed by atoms with Crippen molar-refractivity contribution in [2.75, 3.05) is 24.9 Å². The second-order valence-corrected chi connectivity index (χ2v) is 6.31. The van der Waals surface area contributed by atoms with E-state index in [0.717, 1.165) is 17.7 Å². The predicted molar refractivity (Wildman–Crippen MR) is 113 cm³/mol. The molecule has 3 rings (SSSR count). The quantitative estimate of drug-likeness (QED) is 0.604. The maximum atomic E-state index is 12.5. The van der Waals surface area contributed by atoms with E-state index in [1.165, 1.54) is 5.56 Å². The number of ether oxygens (including phenoxy) is 2. The highest BCUT2D eigenvalue weighted by Gasteiger charge is 2.10. The van der Waals surface area contributed by atoms with Crippen LogP contribution in [0, 0.1) is 0 Å². The molecule has 0 aliphatic heterocycles. The van der Waals surface area contributed by atoms with Crippen molar-refractivity contribution in [1.82, 2.24) is 9.97 Å². The van der Waals surface area contributed by atoms with Crippen molar-refractivity contribution in [2.45, 2.75) is 19.9 Å². The first kappa shape index (κ1) is 20.1. The van der Waals surface area contributed by atoms with Gasteiger partial charge in [0.05, 0.1) is 14.2 Å². The Balaban J connectivity index is 1.65. The molecule has 0 radical (unpaired) electrons. The van der Waals surface area contributed by atoms with E-state index in [1.807, 2.05) is 42.5 Å². The minimum absolute atomic E-state index is 0.286. The Morgan fingerprint density at radius 1 is 0.966 bits per heavy atom. The van der Waals surface area contributed by atoms with Crippen LogP contribution < -0.4 is 20.1 Å². The minimum Gasteiger partial charge on any atom is -0.493 e. The molecule has 150 valence electrons. The van der Waals surface area contributed by atoms with Gasteiger partial charge in [-0.1, -0.05) is 25.1 Å². The van der Waals surface area contributed by atoms with Gasteiger partial charge in [0.2, 0.25) is 5.95 Å². The number of nitrogens with one attached hydrogen (secondary N) is 2. The van der Waals surface area contributed by atoms with Gasteiger partial charge < -0.3 is 20.1 Å². The minimum atomic E-state index is -0.286. The summed E-state index contributed by atoms with van der Waals surface area (Å²) in [5, 5.41) is 5.98. The topological polar surface area (TPSA) is 85.4 Å². The summed E-state index contributed by atoms with van der Waals surface area (Å²) in [7, 11) is 3.19. The molecule has 3 aromatic rings. The van der Waals surface area contributed by atoms with Gasteiger partial charge in [0.25, 0.3) is 5.91 Å². The molecule has 2 N–H and O–H groups in total. The fourth-order valence-corrected chi connectivity index (χ4v) is 2.76. The molecule has 0 atom stereocenters. The number of aryl methyl sites for hydroxylation is 1. The van der Waals surface area contributed by atoms with E-state index in [4.69, 9.17) is 9.47 Å². The number of amides is 1. The lowest BCUT2D eigenvalue weighted by atomic mass is 10.1. The summed E-state index contributed by atoms with van der Waals surface area (Å²) in [5.74, 6) is 1.40. The third-order valence-corrected chi connectivity index (χ3v) is 4.41. The molecular formula is C22H24N4O3. The van der Waals surface area contributed by atoms with Crippen LogP contribution in [0.4, 0.5) is 11.6 Å². The maximum absolute atomic E-state index is 12.5. The van der Waals surface area contributed by atoms with Crippen LogP contribution in [0.5, 0.6) is 11.5 Å². The Bertz CT molecular complexity index is 974. The van der Waals surface area contributed by atoms with Gasteiger partial charge >= 0.3 is 0 Å². The first-order valence-electron chi connectivity index (χ1n) is 9.31. The molecule has 0 aliphatic carbocycles. The smallest absolute Gasteiger partial charge is 0.274 e. The predicted octanol–water partition coefficient (Wildman–Crippen LogP) is 3.92. The van der Waals surface area contributed by atoms with Crippen molar-refractivity contribution in [2.24, 2.45) is 0 Å². The van der Waals surface area contributed by atoms with Crippen molar-refractivity contribution in [3.8, 4) is 11.5 Å². The SMILES string of the molecule is CCc1ccc(NC(=O)c2ccnc(NCc3ccc(OC)c(OC)c3)n2)cc1. The summed E-state index contributed by atoms with van der Waals surface area (Å²) in [6, 6.07) is 15.0. The lowest BCUT2D eigenvalue weighted by Crippen LogP contribution is -2.15. The fraction of sp³-hybridized carbons (Fsp3) is 0.227. The number of rotatable bonds is 8. The van der Waals surface area contributed by atoms with Crippen LogP contribution >= 0.6 is 0 Å². The van der Waals surface area contributed by atoms with Gasteiger partial charge in [-0.2, -0.15) is 0 Å². The zero-order chi connectivity index (χ0) is 20.6. The lowest BCUT2D eigenvalue weighted by Gasteiger charge is -2.11. The molecule has 2 aromatic carbocycles. The van der Waals surface area contributed by atoms with Gasteiger partial charge in [-0.15, -0.1) is 0 Å². The van der Waals surface area contributed by atoms with Crippen LogP contribution in [0.3, 0.4) is 0 Å². The summed E-state index contributed by atoms with van der Waals surface area (Å²) in [6.07, 6.45) is 2.51. The monoisotopic (exact) mass is 392 g/mol. The number of nitrogens with zero attached hydrogens (tertiary/aromatic N) is 2. The van der Waals surface area contributed by atoms with Crippen molar-refractivity contribution >= 4 is 17.5 Å².